The maximum Gasteiger partial charge on any atom is 0.255 e. The van der Waals surface area contributed by atoms with E-state index in [9.17, 15) is 14.4 Å². The first-order valence-electron chi connectivity index (χ1n) is 9.63. The van der Waals surface area contributed by atoms with E-state index in [1.165, 1.54) is 13.8 Å². The number of anilines is 1. The van der Waals surface area contributed by atoms with Gasteiger partial charge in [-0.2, -0.15) is 0 Å². The van der Waals surface area contributed by atoms with Gasteiger partial charge in [-0.1, -0.05) is 30.3 Å². The molecule has 0 radical (unpaired) electrons. The Morgan fingerprint density at radius 2 is 1.33 bits per heavy atom. The van der Waals surface area contributed by atoms with E-state index in [0.29, 0.717) is 28.1 Å². The second-order valence-corrected chi connectivity index (χ2v) is 7.05. The Kier molecular flexibility index (Phi) is 6.42. The molecular formula is C25H23NO4. The van der Waals surface area contributed by atoms with Crippen molar-refractivity contribution in [1.29, 1.82) is 0 Å². The van der Waals surface area contributed by atoms with E-state index in [-0.39, 0.29) is 23.6 Å². The van der Waals surface area contributed by atoms with Gasteiger partial charge in [-0.05, 0) is 68.8 Å². The van der Waals surface area contributed by atoms with Gasteiger partial charge in [0, 0.05) is 22.4 Å². The van der Waals surface area contributed by atoms with Crippen LogP contribution in [0.25, 0.3) is 0 Å². The highest BCUT2D eigenvalue weighted by Crippen LogP contribution is 2.23. The molecule has 5 heteroatoms. The van der Waals surface area contributed by atoms with Crippen molar-refractivity contribution in [2.24, 2.45) is 0 Å². The average Bonchev–Trinajstić information content (AvgIpc) is 2.74. The van der Waals surface area contributed by atoms with Crippen LogP contribution in [0.1, 0.15) is 63.5 Å². The fourth-order valence-corrected chi connectivity index (χ4v) is 2.96. The van der Waals surface area contributed by atoms with Gasteiger partial charge in [0.1, 0.15) is 11.9 Å². The van der Waals surface area contributed by atoms with Gasteiger partial charge in [-0.25, -0.2) is 0 Å². The lowest BCUT2D eigenvalue weighted by atomic mass is 10.1. The fourth-order valence-electron chi connectivity index (χ4n) is 2.96. The number of ketones is 2. The molecule has 0 unspecified atom stereocenters. The van der Waals surface area contributed by atoms with E-state index < -0.39 is 0 Å². The van der Waals surface area contributed by atoms with E-state index in [1.54, 1.807) is 60.7 Å². The van der Waals surface area contributed by atoms with Crippen molar-refractivity contribution in [1.82, 2.24) is 0 Å². The van der Waals surface area contributed by atoms with Crippen LogP contribution < -0.4 is 10.1 Å². The molecule has 152 valence electrons. The zero-order valence-corrected chi connectivity index (χ0v) is 17.1. The lowest BCUT2D eigenvalue weighted by molar-refractivity contribution is 0.100. The lowest BCUT2D eigenvalue weighted by Gasteiger charge is -2.16. The summed E-state index contributed by atoms with van der Waals surface area (Å²) in [5, 5.41) is 2.82. The summed E-state index contributed by atoms with van der Waals surface area (Å²) in [6.07, 6.45) is -0.247. The molecule has 0 aliphatic heterocycles. The van der Waals surface area contributed by atoms with Gasteiger partial charge in [0.25, 0.3) is 5.91 Å². The van der Waals surface area contributed by atoms with Gasteiger partial charge in [0.2, 0.25) is 0 Å². The number of Topliss-reactive ketones (excluding diaryl/α,β-unsaturated/α-hetero) is 2. The van der Waals surface area contributed by atoms with Crippen molar-refractivity contribution in [3.05, 3.63) is 95.1 Å². The molecule has 3 aromatic rings. The fraction of sp³-hybridized carbons (Fsp3) is 0.160. The minimum atomic E-state index is -0.269. The number of benzene rings is 3. The van der Waals surface area contributed by atoms with Crippen LogP contribution >= 0.6 is 0 Å². The van der Waals surface area contributed by atoms with Crippen molar-refractivity contribution in [2.75, 3.05) is 5.32 Å². The molecule has 0 fully saturated rings. The van der Waals surface area contributed by atoms with Crippen molar-refractivity contribution < 1.29 is 19.1 Å². The molecule has 3 rings (SSSR count). The molecule has 0 spiro atoms. The number of carbonyl (C=O) groups is 3. The Morgan fingerprint density at radius 1 is 0.767 bits per heavy atom. The SMILES string of the molecule is CC(=O)c1ccc(NC(=O)c2cccc(O[C@H](C)c3ccc(C(C)=O)cc3)c2)cc1. The summed E-state index contributed by atoms with van der Waals surface area (Å²) >= 11 is 0. The maximum atomic E-state index is 12.6. The molecule has 0 saturated heterocycles. The number of nitrogens with one attached hydrogen (secondary N) is 1. The summed E-state index contributed by atoms with van der Waals surface area (Å²) in [4.78, 5) is 35.3. The monoisotopic (exact) mass is 401 g/mol. The predicted octanol–water partition coefficient (Wildman–Crippen LogP) is 5.48. The third-order valence-electron chi connectivity index (χ3n) is 4.75. The van der Waals surface area contributed by atoms with E-state index in [1.807, 2.05) is 19.1 Å². The average molecular weight is 401 g/mol. The summed E-state index contributed by atoms with van der Waals surface area (Å²) < 4.78 is 5.98. The van der Waals surface area contributed by atoms with Gasteiger partial charge in [-0.3, -0.25) is 14.4 Å². The minimum absolute atomic E-state index is 0.0183. The van der Waals surface area contributed by atoms with Crippen molar-refractivity contribution in [3.8, 4) is 5.75 Å². The number of amides is 1. The summed E-state index contributed by atoms with van der Waals surface area (Å²) in [6, 6.07) is 21.0. The smallest absolute Gasteiger partial charge is 0.255 e. The van der Waals surface area contributed by atoms with Gasteiger partial charge in [-0.15, -0.1) is 0 Å². The zero-order chi connectivity index (χ0) is 21.7. The van der Waals surface area contributed by atoms with Crippen LogP contribution in [0.4, 0.5) is 5.69 Å². The van der Waals surface area contributed by atoms with Crippen molar-refractivity contribution >= 4 is 23.2 Å². The Balaban J connectivity index is 1.68. The third-order valence-corrected chi connectivity index (χ3v) is 4.75. The molecule has 0 aromatic heterocycles. The van der Waals surface area contributed by atoms with E-state index in [2.05, 4.69) is 5.32 Å². The van der Waals surface area contributed by atoms with Crippen LogP contribution in [0.5, 0.6) is 5.75 Å². The predicted molar refractivity (Wildman–Crippen MR) is 116 cm³/mol. The van der Waals surface area contributed by atoms with E-state index in [4.69, 9.17) is 4.74 Å². The standard InChI is InChI=1S/C25H23NO4/c1-16(27)19-7-9-21(10-8-19)18(3)30-24-6-4-5-22(15-24)25(29)26-23-13-11-20(12-14-23)17(2)28/h4-15,18H,1-3H3,(H,26,29)/t18-/m1/s1. The normalized spacial score (nSPS) is 11.4. The number of hydrogen-bond acceptors (Lipinski definition) is 4. The maximum absolute atomic E-state index is 12.6. The van der Waals surface area contributed by atoms with Crippen LogP contribution in [0.2, 0.25) is 0 Å². The number of hydrogen-bond donors (Lipinski definition) is 1. The lowest BCUT2D eigenvalue weighted by Crippen LogP contribution is -2.12. The van der Waals surface area contributed by atoms with Gasteiger partial charge < -0.3 is 10.1 Å². The van der Waals surface area contributed by atoms with Crippen molar-refractivity contribution in [2.45, 2.75) is 26.9 Å². The molecule has 0 heterocycles. The highest BCUT2D eigenvalue weighted by atomic mass is 16.5. The molecule has 1 atom stereocenters. The van der Waals surface area contributed by atoms with E-state index >= 15 is 0 Å². The van der Waals surface area contributed by atoms with Crippen LogP contribution in [0, 0.1) is 0 Å². The largest absolute Gasteiger partial charge is 0.486 e. The minimum Gasteiger partial charge on any atom is -0.486 e. The summed E-state index contributed by atoms with van der Waals surface area (Å²) in [7, 11) is 0. The molecule has 1 amide bonds. The van der Waals surface area contributed by atoms with Crippen molar-refractivity contribution in [3.63, 3.8) is 0 Å². The number of rotatable bonds is 7. The van der Waals surface area contributed by atoms with Gasteiger partial charge in [0.15, 0.2) is 11.6 Å². The third kappa shape index (κ3) is 5.20. The van der Waals surface area contributed by atoms with Gasteiger partial charge >= 0.3 is 0 Å². The van der Waals surface area contributed by atoms with Crippen LogP contribution in [-0.2, 0) is 0 Å². The topological polar surface area (TPSA) is 72.5 Å². The van der Waals surface area contributed by atoms with Crippen LogP contribution in [-0.4, -0.2) is 17.5 Å². The van der Waals surface area contributed by atoms with Crippen LogP contribution in [0.3, 0.4) is 0 Å². The molecule has 0 aliphatic carbocycles. The van der Waals surface area contributed by atoms with Crippen LogP contribution in [0.15, 0.2) is 72.8 Å². The molecule has 5 nitrogen and oxygen atoms in total. The summed E-state index contributed by atoms with van der Waals surface area (Å²) in [6.45, 7) is 4.94. The quantitative estimate of drug-likeness (QED) is 0.532. The first-order valence-corrected chi connectivity index (χ1v) is 9.63. The number of carbonyl (C=O) groups excluding carboxylic acids is 3. The second kappa shape index (κ2) is 9.18. The highest BCUT2D eigenvalue weighted by molar-refractivity contribution is 6.04. The summed E-state index contributed by atoms with van der Waals surface area (Å²) in [5.74, 6) is 0.291. The first kappa shape index (κ1) is 21.0. The zero-order valence-electron chi connectivity index (χ0n) is 17.1. The number of ether oxygens (including phenoxy) is 1. The Hall–Kier alpha value is -3.73. The Bertz CT molecular complexity index is 1070. The molecule has 3 aromatic carbocycles. The molecule has 1 N–H and O–H groups in total. The molecule has 0 saturated carbocycles. The molecular weight excluding hydrogens is 378 g/mol. The Labute approximate surface area is 175 Å². The molecule has 0 aliphatic rings. The van der Waals surface area contributed by atoms with E-state index in [0.717, 1.165) is 5.56 Å². The first-order chi connectivity index (χ1) is 14.3. The highest BCUT2D eigenvalue weighted by Gasteiger charge is 2.12. The molecule has 30 heavy (non-hydrogen) atoms. The molecule has 0 bridgehead atoms. The second-order valence-electron chi connectivity index (χ2n) is 7.05. The summed E-state index contributed by atoms with van der Waals surface area (Å²) in [5.41, 5.74) is 3.24. The van der Waals surface area contributed by atoms with Gasteiger partial charge in [0.05, 0.1) is 0 Å². The Morgan fingerprint density at radius 3 is 1.90 bits per heavy atom.